The largest absolute Gasteiger partial charge is 0.378 e. The van der Waals surface area contributed by atoms with Gasteiger partial charge in [0.25, 0.3) is 0 Å². The van der Waals surface area contributed by atoms with Crippen LogP contribution in [-0.2, 0) is 9.53 Å². The van der Waals surface area contributed by atoms with Crippen LogP contribution in [0, 0.1) is 0 Å². The van der Waals surface area contributed by atoms with Gasteiger partial charge in [-0.15, -0.1) is 0 Å². The Labute approximate surface area is 97.6 Å². The van der Waals surface area contributed by atoms with Gasteiger partial charge < -0.3 is 15.0 Å². The summed E-state index contributed by atoms with van der Waals surface area (Å²) >= 11 is 0. The van der Waals surface area contributed by atoms with Crippen LogP contribution in [0.3, 0.4) is 0 Å². The van der Waals surface area contributed by atoms with Gasteiger partial charge in [-0.3, -0.25) is 4.79 Å². The van der Waals surface area contributed by atoms with Crippen LogP contribution in [0.2, 0.25) is 0 Å². The van der Waals surface area contributed by atoms with Gasteiger partial charge in [-0.2, -0.15) is 0 Å². The van der Waals surface area contributed by atoms with Gasteiger partial charge in [-0.1, -0.05) is 11.6 Å². The Morgan fingerprint density at radius 3 is 2.69 bits per heavy atom. The van der Waals surface area contributed by atoms with E-state index >= 15 is 0 Å². The Bertz CT molecular complexity index is 241. The van der Waals surface area contributed by atoms with Crippen LogP contribution in [0.25, 0.3) is 0 Å². The lowest BCUT2D eigenvalue weighted by Gasteiger charge is -2.26. The first kappa shape index (κ1) is 13.2. The monoisotopic (exact) mass is 226 g/mol. The highest BCUT2D eigenvalue weighted by Crippen LogP contribution is 1.99. The van der Waals surface area contributed by atoms with E-state index in [1.165, 1.54) is 5.57 Å². The molecule has 1 N–H and O–H groups in total. The molecule has 0 aromatic rings. The Hall–Kier alpha value is -0.870. The zero-order valence-corrected chi connectivity index (χ0v) is 10.3. The summed E-state index contributed by atoms with van der Waals surface area (Å²) in [6, 6.07) is 0. The summed E-state index contributed by atoms with van der Waals surface area (Å²) in [5, 5.41) is 3.23. The van der Waals surface area contributed by atoms with E-state index in [-0.39, 0.29) is 5.91 Å². The number of hydrogen-bond donors (Lipinski definition) is 1. The van der Waals surface area contributed by atoms with E-state index in [4.69, 9.17) is 4.74 Å². The summed E-state index contributed by atoms with van der Waals surface area (Å²) in [5.74, 6) is 0.230. The Kier molecular flexibility index (Phi) is 6.11. The molecule has 0 atom stereocenters. The molecule has 1 aliphatic heterocycles. The number of nitrogens with zero attached hydrogens (tertiary/aromatic N) is 1. The number of hydrogen-bond acceptors (Lipinski definition) is 3. The van der Waals surface area contributed by atoms with Crippen molar-refractivity contribution in [1.82, 2.24) is 10.2 Å². The number of morpholine rings is 1. The summed E-state index contributed by atoms with van der Waals surface area (Å²) in [7, 11) is 0. The van der Waals surface area contributed by atoms with Crippen LogP contribution in [0.15, 0.2) is 11.6 Å². The number of carbonyl (C=O) groups excluding carboxylic acids is 1. The maximum atomic E-state index is 11.7. The number of rotatable bonds is 5. The van der Waals surface area contributed by atoms with Gasteiger partial charge in [0.05, 0.1) is 13.2 Å². The van der Waals surface area contributed by atoms with Crippen molar-refractivity contribution >= 4 is 5.91 Å². The second kappa shape index (κ2) is 7.41. The van der Waals surface area contributed by atoms with Crippen molar-refractivity contribution < 1.29 is 9.53 Å². The lowest BCUT2D eigenvalue weighted by molar-refractivity contribution is -0.135. The van der Waals surface area contributed by atoms with Gasteiger partial charge in [-0.05, 0) is 13.8 Å². The molecule has 0 spiro atoms. The van der Waals surface area contributed by atoms with E-state index in [1.807, 2.05) is 4.90 Å². The molecule has 4 nitrogen and oxygen atoms in total. The van der Waals surface area contributed by atoms with Crippen LogP contribution in [0.4, 0.5) is 0 Å². The van der Waals surface area contributed by atoms with Crippen molar-refractivity contribution in [3.8, 4) is 0 Å². The highest BCUT2D eigenvalue weighted by Gasteiger charge is 2.15. The molecule has 0 bridgehead atoms. The first-order chi connectivity index (χ1) is 7.70. The van der Waals surface area contributed by atoms with Crippen LogP contribution < -0.4 is 5.32 Å². The predicted octanol–water partition coefficient (Wildman–Crippen LogP) is 0.791. The molecule has 0 aromatic heterocycles. The van der Waals surface area contributed by atoms with Crippen molar-refractivity contribution in [3.63, 3.8) is 0 Å². The first-order valence-electron chi connectivity index (χ1n) is 5.90. The number of ether oxygens (including phenoxy) is 1. The van der Waals surface area contributed by atoms with Gasteiger partial charge in [0.2, 0.25) is 5.91 Å². The van der Waals surface area contributed by atoms with E-state index in [0.717, 1.165) is 26.2 Å². The molecule has 0 saturated carbocycles. The van der Waals surface area contributed by atoms with Gasteiger partial charge in [0.15, 0.2) is 0 Å². The third-order valence-electron chi connectivity index (χ3n) is 2.53. The van der Waals surface area contributed by atoms with E-state index in [1.54, 1.807) is 0 Å². The minimum absolute atomic E-state index is 0.230. The number of allylic oxidation sites excluding steroid dienone is 1. The van der Waals surface area contributed by atoms with Crippen LogP contribution in [0.5, 0.6) is 0 Å². The highest BCUT2D eigenvalue weighted by atomic mass is 16.5. The van der Waals surface area contributed by atoms with Crippen molar-refractivity contribution in [3.05, 3.63) is 11.6 Å². The lowest BCUT2D eigenvalue weighted by Crippen LogP contribution is -2.41. The molecular weight excluding hydrogens is 204 g/mol. The van der Waals surface area contributed by atoms with E-state index in [9.17, 15) is 4.79 Å². The third-order valence-corrected chi connectivity index (χ3v) is 2.53. The molecule has 0 unspecified atom stereocenters. The maximum Gasteiger partial charge on any atom is 0.224 e. The summed E-state index contributed by atoms with van der Waals surface area (Å²) in [5.41, 5.74) is 1.30. The molecule has 0 radical (unpaired) electrons. The topological polar surface area (TPSA) is 41.6 Å². The SMILES string of the molecule is CC(C)=CCNCCC(=O)N1CCOCC1. The maximum absolute atomic E-state index is 11.7. The second-order valence-corrected chi connectivity index (χ2v) is 4.23. The first-order valence-corrected chi connectivity index (χ1v) is 5.90. The van der Waals surface area contributed by atoms with Crippen molar-refractivity contribution in [2.75, 3.05) is 39.4 Å². The number of carbonyl (C=O) groups is 1. The summed E-state index contributed by atoms with van der Waals surface area (Å²) in [6.07, 6.45) is 2.70. The van der Waals surface area contributed by atoms with Gasteiger partial charge >= 0.3 is 0 Å². The second-order valence-electron chi connectivity index (χ2n) is 4.23. The normalized spacial score (nSPS) is 16.0. The van der Waals surface area contributed by atoms with E-state index in [0.29, 0.717) is 19.6 Å². The van der Waals surface area contributed by atoms with Crippen LogP contribution >= 0.6 is 0 Å². The highest BCUT2D eigenvalue weighted by molar-refractivity contribution is 5.76. The molecule has 1 saturated heterocycles. The number of amides is 1. The quantitative estimate of drug-likeness (QED) is 0.556. The van der Waals surface area contributed by atoms with Crippen LogP contribution in [0.1, 0.15) is 20.3 Å². The molecule has 1 rings (SSSR count). The Balaban J connectivity index is 2.07. The zero-order valence-electron chi connectivity index (χ0n) is 10.3. The van der Waals surface area contributed by atoms with E-state index in [2.05, 4.69) is 25.2 Å². The molecule has 1 amide bonds. The summed E-state index contributed by atoms with van der Waals surface area (Å²) in [6.45, 7) is 8.58. The summed E-state index contributed by atoms with van der Waals surface area (Å²) < 4.78 is 5.20. The average Bonchev–Trinajstić information content (AvgIpc) is 2.29. The molecule has 4 heteroatoms. The molecule has 1 heterocycles. The third kappa shape index (κ3) is 5.28. The van der Waals surface area contributed by atoms with Crippen LogP contribution in [-0.4, -0.2) is 50.2 Å². The molecule has 16 heavy (non-hydrogen) atoms. The van der Waals surface area contributed by atoms with Crippen molar-refractivity contribution in [2.45, 2.75) is 20.3 Å². The molecule has 1 aliphatic rings. The fraction of sp³-hybridized carbons (Fsp3) is 0.750. The van der Waals surface area contributed by atoms with Crippen molar-refractivity contribution in [2.24, 2.45) is 0 Å². The number of nitrogens with one attached hydrogen (secondary N) is 1. The molecule has 1 fully saturated rings. The van der Waals surface area contributed by atoms with Gasteiger partial charge in [0.1, 0.15) is 0 Å². The Morgan fingerprint density at radius 2 is 2.06 bits per heavy atom. The molecule has 0 aliphatic carbocycles. The fourth-order valence-electron chi connectivity index (χ4n) is 1.54. The predicted molar refractivity (Wildman–Crippen MR) is 64.3 cm³/mol. The minimum Gasteiger partial charge on any atom is -0.378 e. The smallest absolute Gasteiger partial charge is 0.224 e. The van der Waals surface area contributed by atoms with Gasteiger partial charge in [-0.25, -0.2) is 0 Å². The average molecular weight is 226 g/mol. The zero-order chi connectivity index (χ0) is 11.8. The fourth-order valence-corrected chi connectivity index (χ4v) is 1.54. The standard InChI is InChI=1S/C12H22N2O2/c1-11(2)3-5-13-6-4-12(15)14-7-9-16-10-8-14/h3,13H,4-10H2,1-2H3. The van der Waals surface area contributed by atoms with E-state index < -0.39 is 0 Å². The molecular formula is C12H22N2O2. The van der Waals surface area contributed by atoms with Crippen molar-refractivity contribution in [1.29, 1.82) is 0 Å². The molecule has 0 aromatic carbocycles. The molecule has 92 valence electrons. The van der Waals surface area contributed by atoms with Gasteiger partial charge in [0, 0.05) is 32.6 Å². The lowest BCUT2D eigenvalue weighted by atomic mass is 10.3. The minimum atomic E-state index is 0.230. The summed E-state index contributed by atoms with van der Waals surface area (Å²) in [4.78, 5) is 13.6. The Morgan fingerprint density at radius 1 is 1.38 bits per heavy atom.